The average Bonchev–Trinajstić information content (AvgIpc) is 2.53. The summed E-state index contributed by atoms with van der Waals surface area (Å²) in [6, 6.07) is 11.8. The van der Waals surface area contributed by atoms with E-state index in [9.17, 15) is 0 Å². The van der Waals surface area contributed by atoms with E-state index in [1.54, 1.807) is 7.11 Å². The van der Waals surface area contributed by atoms with E-state index in [1.807, 2.05) is 37.3 Å². The highest BCUT2D eigenvalue weighted by molar-refractivity contribution is 5.43. The Kier molecular flexibility index (Phi) is 5.67. The molecule has 0 spiro atoms. The quantitative estimate of drug-likeness (QED) is 0.798. The Labute approximate surface area is 131 Å². The average molecular weight is 301 g/mol. The van der Waals surface area contributed by atoms with Crippen molar-refractivity contribution in [1.29, 1.82) is 0 Å². The van der Waals surface area contributed by atoms with Crippen molar-refractivity contribution in [3.8, 4) is 17.2 Å². The molecule has 118 valence electrons. The van der Waals surface area contributed by atoms with Crippen LogP contribution < -0.4 is 19.9 Å². The normalized spacial score (nSPS) is 10.4. The van der Waals surface area contributed by atoms with Crippen LogP contribution in [0.15, 0.2) is 36.4 Å². The Morgan fingerprint density at radius 1 is 0.864 bits per heavy atom. The summed E-state index contributed by atoms with van der Waals surface area (Å²) in [7, 11) is 1.62. The van der Waals surface area contributed by atoms with Crippen molar-refractivity contribution >= 4 is 0 Å². The van der Waals surface area contributed by atoms with E-state index in [0.717, 1.165) is 16.9 Å². The third kappa shape index (κ3) is 4.15. The summed E-state index contributed by atoms with van der Waals surface area (Å²) in [6.45, 7) is 5.49. The summed E-state index contributed by atoms with van der Waals surface area (Å²) in [4.78, 5) is 0. The zero-order chi connectivity index (χ0) is 15.9. The monoisotopic (exact) mass is 301 g/mol. The van der Waals surface area contributed by atoms with E-state index in [4.69, 9.17) is 19.9 Å². The number of hydrogen-bond acceptors (Lipinski definition) is 4. The third-order valence-corrected chi connectivity index (χ3v) is 3.39. The van der Waals surface area contributed by atoms with Crippen molar-refractivity contribution in [3.63, 3.8) is 0 Å². The predicted octanol–water partition coefficient (Wildman–Crippen LogP) is 3.23. The van der Waals surface area contributed by atoms with Crippen LogP contribution in [-0.2, 0) is 6.54 Å². The molecular formula is C18H23NO3. The lowest BCUT2D eigenvalue weighted by atomic mass is 10.1. The van der Waals surface area contributed by atoms with E-state index in [-0.39, 0.29) is 0 Å². The maximum absolute atomic E-state index is 5.75. The van der Waals surface area contributed by atoms with E-state index in [0.29, 0.717) is 31.3 Å². The molecule has 2 N–H and O–H groups in total. The van der Waals surface area contributed by atoms with Gasteiger partial charge in [-0.25, -0.2) is 0 Å². The number of rotatable bonds is 7. The standard InChI is InChI=1S/C18H23NO3/c1-13-4-6-16(14(2)10-13)21-8-9-22-18-11-15(12-19)5-7-17(18)20-3/h4-7,10-11H,8-9,12,19H2,1-3H3. The van der Waals surface area contributed by atoms with Crippen LogP contribution in [0.3, 0.4) is 0 Å². The molecule has 4 nitrogen and oxygen atoms in total. The zero-order valence-corrected chi connectivity index (χ0v) is 13.4. The van der Waals surface area contributed by atoms with Gasteiger partial charge in [-0.2, -0.15) is 0 Å². The summed E-state index contributed by atoms with van der Waals surface area (Å²) in [5.74, 6) is 2.27. The number of hydrogen-bond donors (Lipinski definition) is 1. The molecule has 0 atom stereocenters. The Bertz CT molecular complexity index is 626. The van der Waals surface area contributed by atoms with Crippen molar-refractivity contribution in [2.45, 2.75) is 20.4 Å². The molecule has 2 aromatic carbocycles. The van der Waals surface area contributed by atoms with E-state index < -0.39 is 0 Å². The number of benzene rings is 2. The molecule has 22 heavy (non-hydrogen) atoms. The highest BCUT2D eigenvalue weighted by atomic mass is 16.5. The lowest BCUT2D eigenvalue weighted by molar-refractivity contribution is 0.210. The second-order valence-corrected chi connectivity index (χ2v) is 5.16. The number of nitrogens with two attached hydrogens (primary N) is 1. The fourth-order valence-corrected chi connectivity index (χ4v) is 2.23. The molecule has 0 aliphatic heterocycles. The number of ether oxygens (including phenoxy) is 3. The van der Waals surface area contributed by atoms with Gasteiger partial charge in [-0.1, -0.05) is 23.8 Å². The molecule has 0 saturated heterocycles. The van der Waals surface area contributed by atoms with Crippen LogP contribution in [0, 0.1) is 13.8 Å². The minimum Gasteiger partial charge on any atom is -0.493 e. The molecule has 2 aromatic rings. The largest absolute Gasteiger partial charge is 0.493 e. The first-order valence-corrected chi connectivity index (χ1v) is 7.34. The lowest BCUT2D eigenvalue weighted by Gasteiger charge is -2.13. The smallest absolute Gasteiger partial charge is 0.161 e. The molecule has 0 unspecified atom stereocenters. The van der Waals surface area contributed by atoms with Gasteiger partial charge in [0.05, 0.1) is 7.11 Å². The first kappa shape index (κ1) is 16.2. The van der Waals surface area contributed by atoms with Crippen LogP contribution in [-0.4, -0.2) is 20.3 Å². The van der Waals surface area contributed by atoms with Gasteiger partial charge in [0.25, 0.3) is 0 Å². The molecule has 0 amide bonds. The number of aryl methyl sites for hydroxylation is 2. The molecule has 0 fully saturated rings. The van der Waals surface area contributed by atoms with Gasteiger partial charge in [0, 0.05) is 6.54 Å². The van der Waals surface area contributed by atoms with E-state index in [2.05, 4.69) is 13.0 Å². The van der Waals surface area contributed by atoms with Crippen molar-refractivity contribution in [3.05, 3.63) is 53.1 Å². The highest BCUT2D eigenvalue weighted by Gasteiger charge is 2.06. The van der Waals surface area contributed by atoms with Gasteiger partial charge in [0.15, 0.2) is 11.5 Å². The Morgan fingerprint density at radius 3 is 2.18 bits per heavy atom. The fraction of sp³-hybridized carbons (Fsp3) is 0.333. The van der Waals surface area contributed by atoms with Crippen molar-refractivity contribution in [2.75, 3.05) is 20.3 Å². The Morgan fingerprint density at radius 2 is 1.55 bits per heavy atom. The Hall–Kier alpha value is -2.20. The SMILES string of the molecule is COc1ccc(CN)cc1OCCOc1ccc(C)cc1C. The highest BCUT2D eigenvalue weighted by Crippen LogP contribution is 2.28. The summed E-state index contributed by atoms with van der Waals surface area (Å²) in [5.41, 5.74) is 9.01. The van der Waals surface area contributed by atoms with Crippen molar-refractivity contribution in [2.24, 2.45) is 5.73 Å². The molecule has 0 radical (unpaired) electrons. The maximum Gasteiger partial charge on any atom is 0.161 e. The number of methoxy groups -OCH3 is 1. The second kappa shape index (κ2) is 7.71. The summed E-state index contributed by atoms with van der Waals surface area (Å²) >= 11 is 0. The molecular weight excluding hydrogens is 278 g/mol. The predicted molar refractivity (Wildman–Crippen MR) is 87.8 cm³/mol. The molecule has 0 aliphatic carbocycles. The van der Waals surface area contributed by atoms with Gasteiger partial charge in [0.1, 0.15) is 19.0 Å². The molecule has 0 saturated carbocycles. The minimum absolute atomic E-state index is 0.442. The molecule has 2 rings (SSSR count). The topological polar surface area (TPSA) is 53.7 Å². The Balaban J connectivity index is 1.91. The van der Waals surface area contributed by atoms with Gasteiger partial charge in [-0.05, 0) is 43.2 Å². The van der Waals surface area contributed by atoms with Gasteiger partial charge >= 0.3 is 0 Å². The van der Waals surface area contributed by atoms with Crippen LogP contribution in [0.1, 0.15) is 16.7 Å². The first-order valence-electron chi connectivity index (χ1n) is 7.34. The molecule has 0 aliphatic rings. The van der Waals surface area contributed by atoms with Crippen LogP contribution in [0.4, 0.5) is 0 Å². The van der Waals surface area contributed by atoms with Crippen molar-refractivity contribution in [1.82, 2.24) is 0 Å². The van der Waals surface area contributed by atoms with E-state index in [1.165, 1.54) is 5.56 Å². The molecule has 0 bridgehead atoms. The third-order valence-electron chi connectivity index (χ3n) is 3.39. The summed E-state index contributed by atoms with van der Waals surface area (Å²) in [5, 5.41) is 0. The lowest BCUT2D eigenvalue weighted by Crippen LogP contribution is -2.10. The van der Waals surface area contributed by atoms with Crippen LogP contribution >= 0.6 is 0 Å². The maximum atomic E-state index is 5.75. The zero-order valence-electron chi connectivity index (χ0n) is 13.4. The fourth-order valence-electron chi connectivity index (χ4n) is 2.23. The summed E-state index contributed by atoms with van der Waals surface area (Å²) < 4.78 is 16.8. The van der Waals surface area contributed by atoms with Crippen LogP contribution in [0.2, 0.25) is 0 Å². The van der Waals surface area contributed by atoms with Gasteiger partial charge < -0.3 is 19.9 Å². The van der Waals surface area contributed by atoms with Gasteiger partial charge in [0.2, 0.25) is 0 Å². The van der Waals surface area contributed by atoms with Crippen molar-refractivity contribution < 1.29 is 14.2 Å². The van der Waals surface area contributed by atoms with E-state index >= 15 is 0 Å². The van der Waals surface area contributed by atoms with Crippen LogP contribution in [0.25, 0.3) is 0 Å². The van der Waals surface area contributed by atoms with Gasteiger partial charge in [-0.15, -0.1) is 0 Å². The molecule has 4 heteroatoms. The second-order valence-electron chi connectivity index (χ2n) is 5.16. The molecule has 0 heterocycles. The van der Waals surface area contributed by atoms with Crippen LogP contribution in [0.5, 0.6) is 17.2 Å². The van der Waals surface area contributed by atoms with Gasteiger partial charge in [-0.3, -0.25) is 0 Å². The summed E-state index contributed by atoms with van der Waals surface area (Å²) in [6.07, 6.45) is 0. The minimum atomic E-state index is 0.442. The molecule has 0 aromatic heterocycles. The first-order chi connectivity index (χ1) is 10.6.